The molecule has 42 heavy (non-hydrogen) atoms. The zero-order valence-electron chi connectivity index (χ0n) is 25.8. The molecule has 0 heterocycles. The standard InChI is InChI=1S/C19H19.C17H15.C2H7Si.2ClH.Zr/c1-13(2)17-11-16-8-5-9-18(19(16)12-17)15-7-4-6-14(3)10-15;1-12-10-16-13(2)8-9-15(17(16)11-12)14-6-4-3-5-7-14;1-3-2;;;/h4-13H,1-3H3;3-11H,1-2H3;3H,1-2H3;2*1H;/q;;;;;+2/p-2. The molecule has 2 atom stereocenters. The van der Waals surface area contributed by atoms with Crippen molar-refractivity contribution in [3.05, 3.63) is 129 Å². The maximum absolute atomic E-state index is 8.58. The van der Waals surface area contributed by atoms with E-state index in [9.17, 15) is 0 Å². The summed E-state index contributed by atoms with van der Waals surface area (Å²) in [5, 5.41) is 0. The van der Waals surface area contributed by atoms with Crippen LogP contribution >= 0.6 is 17.0 Å². The molecule has 0 aromatic heterocycles. The van der Waals surface area contributed by atoms with Gasteiger partial charge in [-0.25, -0.2) is 0 Å². The topological polar surface area (TPSA) is 0 Å². The first-order valence-corrected chi connectivity index (χ1v) is 31.6. The Morgan fingerprint density at radius 3 is 2.02 bits per heavy atom. The van der Waals surface area contributed by atoms with Gasteiger partial charge in [0.2, 0.25) is 0 Å². The summed E-state index contributed by atoms with van der Waals surface area (Å²) in [5.41, 5.74) is 15.8. The monoisotopic (exact) mass is 685 g/mol. The van der Waals surface area contributed by atoms with E-state index in [1.165, 1.54) is 66.8 Å². The zero-order chi connectivity index (χ0) is 30.0. The van der Waals surface area contributed by atoms with Crippen LogP contribution in [0.2, 0.25) is 13.1 Å². The van der Waals surface area contributed by atoms with Crippen molar-refractivity contribution in [2.24, 2.45) is 5.92 Å². The van der Waals surface area contributed by atoms with Gasteiger partial charge < -0.3 is 0 Å². The van der Waals surface area contributed by atoms with Crippen LogP contribution < -0.4 is 0 Å². The van der Waals surface area contributed by atoms with E-state index in [1.807, 2.05) is 0 Å². The average Bonchev–Trinajstić information content (AvgIpc) is 3.54. The summed E-state index contributed by atoms with van der Waals surface area (Å²) in [5.74, 6) is -1.25. The van der Waals surface area contributed by atoms with E-state index in [0.717, 1.165) is 0 Å². The molecule has 0 aliphatic heterocycles. The van der Waals surface area contributed by atoms with Crippen LogP contribution in [0.3, 0.4) is 0 Å². The van der Waals surface area contributed by atoms with Crippen LogP contribution in [0.15, 0.2) is 96.1 Å². The molecule has 6 rings (SSSR count). The van der Waals surface area contributed by atoms with E-state index in [0.29, 0.717) is 5.92 Å². The Morgan fingerprint density at radius 1 is 0.690 bits per heavy atom. The second kappa shape index (κ2) is 10.9. The predicted octanol–water partition coefficient (Wildman–Crippen LogP) is 11.9. The average molecular weight is 688 g/mol. The molecule has 0 bridgehead atoms. The normalized spacial score (nSPS) is 18.9. The van der Waals surface area contributed by atoms with Crippen molar-refractivity contribution in [1.29, 1.82) is 0 Å². The summed E-state index contributed by atoms with van der Waals surface area (Å²) in [7, 11) is 17.2. The van der Waals surface area contributed by atoms with Gasteiger partial charge in [0.25, 0.3) is 0 Å². The first-order chi connectivity index (χ1) is 19.9. The molecular weight excluding hydrogens is 647 g/mol. The molecule has 0 nitrogen and oxygen atoms in total. The van der Waals surface area contributed by atoms with Crippen molar-refractivity contribution < 1.29 is 15.6 Å². The van der Waals surface area contributed by atoms with Crippen LogP contribution in [-0.4, -0.2) is 5.92 Å². The van der Waals surface area contributed by atoms with Crippen molar-refractivity contribution in [1.82, 2.24) is 0 Å². The second-order valence-electron chi connectivity index (χ2n) is 13.2. The summed E-state index contributed by atoms with van der Waals surface area (Å²) < 4.78 is 0.195. The number of hydrogen-bond acceptors (Lipinski definition) is 0. The number of aryl methyl sites for hydroxylation is 2. The third-order valence-corrected chi connectivity index (χ3v) is 61.9. The van der Waals surface area contributed by atoms with Gasteiger partial charge in [-0.2, -0.15) is 0 Å². The molecule has 0 radical (unpaired) electrons. The minimum absolute atomic E-state index is 0.0975. The number of fused-ring (bicyclic) bond motifs is 2. The molecule has 4 heteroatoms. The van der Waals surface area contributed by atoms with Crippen molar-refractivity contribution in [2.75, 3.05) is 0 Å². The number of allylic oxidation sites excluding steroid dienone is 2. The second-order valence-corrected chi connectivity index (χ2v) is 55.7. The minimum atomic E-state index is -4.78. The van der Waals surface area contributed by atoms with Gasteiger partial charge in [0.15, 0.2) is 0 Å². The molecule has 0 N–H and O–H groups in total. The summed E-state index contributed by atoms with van der Waals surface area (Å²) in [6, 6.07) is 31.0. The Bertz CT molecular complexity index is 1760. The van der Waals surface area contributed by atoms with Gasteiger partial charge in [0.05, 0.1) is 0 Å². The molecule has 0 saturated heterocycles. The Morgan fingerprint density at radius 2 is 1.36 bits per heavy atom. The third kappa shape index (κ3) is 4.56. The maximum atomic E-state index is 8.58. The molecule has 2 unspecified atom stereocenters. The van der Waals surface area contributed by atoms with E-state index in [4.69, 9.17) is 17.0 Å². The van der Waals surface area contributed by atoms with Crippen LogP contribution in [0, 0.1) is 19.8 Å². The number of rotatable bonds is 6. The van der Waals surface area contributed by atoms with E-state index in [2.05, 4.69) is 145 Å². The SMILES string of the molecule is CC1=Cc2c(-c3ccccc3)ccc(C)c2[CH]1[Zr]([Cl])([Cl])([CH]1C(C(C)C)=Cc2c(-c3cccc(C)c3)cccc21)[SiH](C)C. The zero-order valence-corrected chi connectivity index (χ0v) is 30.9. The summed E-state index contributed by atoms with van der Waals surface area (Å²) >= 11 is -4.78. The molecule has 4 aromatic carbocycles. The Balaban J connectivity index is 1.62. The van der Waals surface area contributed by atoms with Crippen LogP contribution in [0.25, 0.3) is 34.4 Å². The van der Waals surface area contributed by atoms with Crippen LogP contribution in [0.1, 0.15) is 61.4 Å². The fraction of sp³-hybridized carbons (Fsp3) is 0.263. The molecule has 0 fully saturated rings. The van der Waals surface area contributed by atoms with E-state index < -0.39 is 21.5 Å². The molecular formula is C38H41Cl2SiZr. The number of halogens is 2. The fourth-order valence-corrected chi connectivity index (χ4v) is 40.1. The quantitative estimate of drug-likeness (QED) is 0.177. The van der Waals surface area contributed by atoms with Crippen LogP contribution in [0.5, 0.6) is 0 Å². The van der Waals surface area contributed by atoms with Gasteiger partial charge in [0, 0.05) is 0 Å². The Labute approximate surface area is 261 Å². The summed E-state index contributed by atoms with van der Waals surface area (Å²) in [6.07, 6.45) is 4.89. The first-order valence-electron chi connectivity index (χ1n) is 15.3. The predicted molar refractivity (Wildman–Crippen MR) is 186 cm³/mol. The van der Waals surface area contributed by atoms with Gasteiger partial charge in [-0.1, -0.05) is 0 Å². The van der Waals surface area contributed by atoms with Crippen LogP contribution in [-0.2, 0) is 15.6 Å². The van der Waals surface area contributed by atoms with Crippen molar-refractivity contribution in [3.63, 3.8) is 0 Å². The number of hydrogen-bond donors (Lipinski definition) is 0. The van der Waals surface area contributed by atoms with Crippen molar-refractivity contribution in [3.8, 4) is 22.3 Å². The van der Waals surface area contributed by atoms with Crippen LogP contribution in [0.4, 0.5) is 0 Å². The molecule has 215 valence electrons. The molecule has 0 amide bonds. The molecule has 4 aromatic rings. The van der Waals surface area contributed by atoms with Crippen molar-refractivity contribution in [2.45, 2.75) is 55.0 Å². The third-order valence-electron chi connectivity index (χ3n) is 10.0. The van der Waals surface area contributed by atoms with E-state index in [-0.39, 0.29) is 7.25 Å². The summed E-state index contributed by atoms with van der Waals surface area (Å²) in [4.78, 5) is 0. The fourth-order valence-electron chi connectivity index (χ4n) is 7.84. The molecule has 2 aliphatic carbocycles. The van der Waals surface area contributed by atoms with Gasteiger partial charge in [-0.15, -0.1) is 0 Å². The van der Waals surface area contributed by atoms with E-state index in [1.54, 1.807) is 0 Å². The Kier molecular flexibility index (Phi) is 7.80. The molecule has 2 aliphatic rings. The van der Waals surface area contributed by atoms with Gasteiger partial charge in [-0.3, -0.25) is 0 Å². The molecule has 0 saturated carbocycles. The van der Waals surface area contributed by atoms with Gasteiger partial charge >= 0.3 is 263 Å². The van der Waals surface area contributed by atoms with E-state index >= 15 is 0 Å². The van der Waals surface area contributed by atoms with Crippen molar-refractivity contribution >= 4 is 35.1 Å². The molecule has 0 spiro atoms. The first kappa shape index (κ1) is 30.1. The Hall–Kier alpha value is -1.96. The summed E-state index contributed by atoms with van der Waals surface area (Å²) in [6.45, 7) is 16.3. The van der Waals surface area contributed by atoms with Gasteiger partial charge in [0.1, 0.15) is 0 Å². The number of benzene rings is 4. The van der Waals surface area contributed by atoms with Gasteiger partial charge in [-0.05, 0) is 0 Å².